The van der Waals surface area contributed by atoms with E-state index in [1.807, 2.05) is 27.0 Å². The van der Waals surface area contributed by atoms with E-state index in [1.165, 1.54) is 11.3 Å². The second kappa shape index (κ2) is 6.99. The summed E-state index contributed by atoms with van der Waals surface area (Å²) in [4.78, 5) is 17.8. The van der Waals surface area contributed by atoms with E-state index in [2.05, 4.69) is 21.9 Å². The maximum absolute atomic E-state index is 12.5. The van der Waals surface area contributed by atoms with Crippen LogP contribution in [0.3, 0.4) is 0 Å². The summed E-state index contributed by atoms with van der Waals surface area (Å²) in [6.07, 6.45) is 3.62. The number of anilines is 1. The summed E-state index contributed by atoms with van der Waals surface area (Å²) in [6, 6.07) is 0. The Bertz CT molecular complexity index is 522. The molecule has 0 bridgehead atoms. The molecule has 0 atom stereocenters. The molecule has 0 saturated carbocycles. The Labute approximate surface area is 128 Å². The molecule has 0 aromatic carbocycles. The molecule has 110 valence electrons. The van der Waals surface area contributed by atoms with Gasteiger partial charge in [-0.3, -0.25) is 14.7 Å². The van der Waals surface area contributed by atoms with E-state index in [0.29, 0.717) is 5.13 Å². The zero-order chi connectivity index (χ0) is 15.3. The SMILES string of the molecule is C=NC=C(C)c1nnc(N(C)C(=O)C(C)(C)CSC)s1. The monoisotopic (exact) mass is 312 g/mol. The van der Waals surface area contributed by atoms with Crippen molar-refractivity contribution in [3.8, 4) is 0 Å². The van der Waals surface area contributed by atoms with Crippen molar-refractivity contribution in [2.75, 3.05) is 24.0 Å². The van der Waals surface area contributed by atoms with Crippen LogP contribution in [-0.4, -0.2) is 41.9 Å². The maximum atomic E-state index is 12.5. The van der Waals surface area contributed by atoms with E-state index in [4.69, 9.17) is 0 Å². The van der Waals surface area contributed by atoms with Crippen LogP contribution in [0.2, 0.25) is 0 Å². The molecule has 1 heterocycles. The van der Waals surface area contributed by atoms with Crippen LogP contribution in [0.15, 0.2) is 11.2 Å². The van der Waals surface area contributed by atoms with Gasteiger partial charge in [-0.1, -0.05) is 25.2 Å². The van der Waals surface area contributed by atoms with Gasteiger partial charge in [0.15, 0.2) is 0 Å². The Morgan fingerprint density at radius 2 is 2.20 bits per heavy atom. The predicted molar refractivity (Wildman–Crippen MR) is 88.7 cm³/mol. The molecule has 0 spiro atoms. The molecule has 0 N–H and O–H groups in total. The third-order valence-corrected chi connectivity index (χ3v) is 4.86. The van der Waals surface area contributed by atoms with Gasteiger partial charge in [-0.05, 0) is 19.9 Å². The number of hydrogen-bond acceptors (Lipinski definition) is 6. The zero-order valence-corrected chi connectivity index (χ0v) is 14.1. The third kappa shape index (κ3) is 3.89. The number of aromatic nitrogens is 2. The standard InChI is InChI=1S/C13H20N4OS2/c1-9(7-14-4)10-15-16-12(20-10)17(5)11(18)13(2,3)8-19-6/h7H,4,8H2,1-3,5-6H3. The molecular weight excluding hydrogens is 292 g/mol. The molecule has 0 aliphatic rings. The number of hydrogen-bond donors (Lipinski definition) is 0. The quantitative estimate of drug-likeness (QED) is 0.758. The summed E-state index contributed by atoms with van der Waals surface area (Å²) in [5.74, 6) is 0.805. The summed E-state index contributed by atoms with van der Waals surface area (Å²) in [6.45, 7) is 9.18. The van der Waals surface area contributed by atoms with Crippen molar-refractivity contribution in [1.29, 1.82) is 0 Å². The Morgan fingerprint density at radius 3 is 2.75 bits per heavy atom. The minimum atomic E-state index is -0.423. The number of carbonyl (C=O) groups is 1. The molecule has 1 amide bonds. The fraction of sp³-hybridized carbons (Fsp3) is 0.538. The predicted octanol–water partition coefficient (Wildman–Crippen LogP) is 2.95. The number of thioether (sulfide) groups is 1. The van der Waals surface area contributed by atoms with Gasteiger partial charge in [0.25, 0.3) is 0 Å². The van der Waals surface area contributed by atoms with E-state index in [-0.39, 0.29) is 5.91 Å². The van der Waals surface area contributed by atoms with E-state index in [1.54, 1.807) is 29.9 Å². The van der Waals surface area contributed by atoms with Crippen LogP contribution in [0, 0.1) is 5.41 Å². The Kier molecular flexibility index (Phi) is 5.88. The largest absolute Gasteiger partial charge is 0.289 e. The average Bonchev–Trinajstić information content (AvgIpc) is 2.86. The molecule has 0 aliphatic heterocycles. The minimum Gasteiger partial charge on any atom is -0.289 e. The highest BCUT2D eigenvalue weighted by molar-refractivity contribution is 7.98. The summed E-state index contributed by atoms with van der Waals surface area (Å²) < 4.78 is 0. The van der Waals surface area contributed by atoms with Gasteiger partial charge < -0.3 is 0 Å². The molecular formula is C13H20N4OS2. The van der Waals surface area contributed by atoms with Gasteiger partial charge in [0.2, 0.25) is 11.0 Å². The van der Waals surface area contributed by atoms with Crippen LogP contribution in [0.25, 0.3) is 5.57 Å². The molecule has 1 rings (SSSR count). The highest BCUT2D eigenvalue weighted by Crippen LogP contribution is 2.29. The molecule has 0 unspecified atom stereocenters. The summed E-state index contributed by atoms with van der Waals surface area (Å²) in [5.41, 5.74) is 0.459. The van der Waals surface area contributed by atoms with Crippen LogP contribution >= 0.6 is 23.1 Å². The van der Waals surface area contributed by atoms with Crippen LogP contribution in [0.4, 0.5) is 5.13 Å². The van der Waals surface area contributed by atoms with E-state index >= 15 is 0 Å². The Hall–Kier alpha value is -1.21. The molecule has 1 aromatic rings. The van der Waals surface area contributed by atoms with Gasteiger partial charge in [0.05, 0.1) is 5.41 Å². The van der Waals surface area contributed by atoms with Gasteiger partial charge in [0, 0.05) is 24.6 Å². The Balaban J connectivity index is 2.93. The lowest BCUT2D eigenvalue weighted by Crippen LogP contribution is -2.40. The first kappa shape index (κ1) is 16.8. The number of aliphatic imine (C=N–C) groups is 1. The van der Waals surface area contributed by atoms with E-state index in [0.717, 1.165) is 16.3 Å². The number of rotatable bonds is 6. The van der Waals surface area contributed by atoms with Gasteiger partial charge >= 0.3 is 0 Å². The highest BCUT2D eigenvalue weighted by Gasteiger charge is 2.31. The summed E-state index contributed by atoms with van der Waals surface area (Å²) in [5, 5.41) is 9.50. The zero-order valence-electron chi connectivity index (χ0n) is 12.5. The van der Waals surface area contributed by atoms with E-state index < -0.39 is 5.41 Å². The normalized spacial score (nSPS) is 12.3. The van der Waals surface area contributed by atoms with Crippen molar-refractivity contribution in [2.24, 2.45) is 10.4 Å². The van der Waals surface area contributed by atoms with Crippen LogP contribution in [0.5, 0.6) is 0 Å². The van der Waals surface area contributed by atoms with Crippen LogP contribution < -0.4 is 4.90 Å². The second-order valence-corrected chi connectivity index (χ2v) is 6.89. The molecule has 0 fully saturated rings. The van der Waals surface area contributed by atoms with Crippen LogP contribution in [0.1, 0.15) is 25.8 Å². The number of carbonyl (C=O) groups excluding carboxylic acids is 1. The van der Waals surface area contributed by atoms with E-state index in [9.17, 15) is 4.79 Å². The van der Waals surface area contributed by atoms with Gasteiger partial charge in [0.1, 0.15) is 5.01 Å². The molecule has 20 heavy (non-hydrogen) atoms. The number of nitrogens with zero attached hydrogens (tertiary/aromatic N) is 4. The first-order chi connectivity index (χ1) is 9.33. The number of amides is 1. The van der Waals surface area contributed by atoms with Crippen molar-refractivity contribution in [3.63, 3.8) is 0 Å². The van der Waals surface area contributed by atoms with Gasteiger partial charge in [-0.15, -0.1) is 10.2 Å². The molecule has 5 nitrogen and oxygen atoms in total. The number of allylic oxidation sites excluding steroid dienone is 1. The average molecular weight is 312 g/mol. The smallest absolute Gasteiger partial charge is 0.235 e. The lowest BCUT2D eigenvalue weighted by molar-refractivity contribution is -0.125. The van der Waals surface area contributed by atoms with Gasteiger partial charge in [-0.2, -0.15) is 11.8 Å². The second-order valence-electron chi connectivity index (χ2n) is 5.07. The summed E-state index contributed by atoms with van der Waals surface area (Å²) >= 11 is 3.03. The van der Waals surface area contributed by atoms with Crippen molar-refractivity contribution in [1.82, 2.24) is 10.2 Å². The lowest BCUT2D eigenvalue weighted by Gasteiger charge is -2.26. The molecule has 0 saturated heterocycles. The van der Waals surface area contributed by atoms with Gasteiger partial charge in [-0.25, -0.2) is 0 Å². The van der Waals surface area contributed by atoms with Crippen molar-refractivity contribution in [3.05, 3.63) is 11.2 Å². The molecule has 7 heteroatoms. The molecule has 1 aromatic heterocycles. The highest BCUT2D eigenvalue weighted by atomic mass is 32.2. The molecule has 0 aliphatic carbocycles. The van der Waals surface area contributed by atoms with Crippen molar-refractivity contribution >= 4 is 46.4 Å². The van der Waals surface area contributed by atoms with Crippen molar-refractivity contribution in [2.45, 2.75) is 20.8 Å². The van der Waals surface area contributed by atoms with Crippen LogP contribution in [-0.2, 0) is 4.79 Å². The molecule has 0 radical (unpaired) electrons. The third-order valence-electron chi connectivity index (χ3n) is 2.71. The first-order valence-corrected chi connectivity index (χ1v) is 8.28. The summed E-state index contributed by atoms with van der Waals surface area (Å²) in [7, 11) is 1.74. The maximum Gasteiger partial charge on any atom is 0.235 e. The fourth-order valence-corrected chi connectivity index (χ4v) is 3.28. The first-order valence-electron chi connectivity index (χ1n) is 6.07. The fourth-order valence-electron chi connectivity index (χ4n) is 1.67. The van der Waals surface area contributed by atoms with Crippen molar-refractivity contribution < 1.29 is 4.79 Å². The Morgan fingerprint density at radius 1 is 1.55 bits per heavy atom. The minimum absolute atomic E-state index is 0.0398. The lowest BCUT2D eigenvalue weighted by atomic mass is 9.95. The topological polar surface area (TPSA) is 58.5 Å².